The highest BCUT2D eigenvalue weighted by atomic mass is 127. The Morgan fingerprint density at radius 2 is 1.89 bits per heavy atom. The zero-order chi connectivity index (χ0) is 13.0. The first-order valence-electron chi connectivity index (χ1n) is 7.08. The molecular formula is C16H24IN. The number of hydrogen-bond donors (Lipinski definition) is 1. The van der Waals surface area contributed by atoms with Gasteiger partial charge in [-0.05, 0) is 90.9 Å². The van der Waals surface area contributed by atoms with Crippen molar-refractivity contribution in [2.24, 2.45) is 17.8 Å². The molecule has 0 bridgehead atoms. The van der Waals surface area contributed by atoms with E-state index in [1.807, 2.05) is 0 Å². The van der Waals surface area contributed by atoms with Crippen LogP contribution in [0.5, 0.6) is 0 Å². The third-order valence-corrected chi connectivity index (χ3v) is 5.00. The van der Waals surface area contributed by atoms with Gasteiger partial charge in [-0.1, -0.05) is 25.5 Å². The lowest BCUT2D eigenvalue weighted by molar-refractivity contribution is 0.186. The van der Waals surface area contributed by atoms with Crippen molar-refractivity contribution < 1.29 is 0 Å². The van der Waals surface area contributed by atoms with Gasteiger partial charge in [0.25, 0.3) is 0 Å². The summed E-state index contributed by atoms with van der Waals surface area (Å²) in [7, 11) is 2.08. The summed E-state index contributed by atoms with van der Waals surface area (Å²) in [4.78, 5) is 0. The van der Waals surface area contributed by atoms with E-state index in [1.165, 1.54) is 41.4 Å². The fraction of sp³-hybridized carbons (Fsp3) is 0.625. The smallest absolute Gasteiger partial charge is 0.0130 e. The van der Waals surface area contributed by atoms with Crippen molar-refractivity contribution in [3.8, 4) is 0 Å². The lowest BCUT2D eigenvalue weighted by atomic mass is 9.72. The Labute approximate surface area is 125 Å². The minimum absolute atomic E-state index is 0.862. The highest BCUT2D eigenvalue weighted by molar-refractivity contribution is 14.1. The number of nitrogens with one attached hydrogen (secondary N) is 1. The van der Waals surface area contributed by atoms with Crippen LogP contribution in [-0.4, -0.2) is 13.6 Å². The lowest BCUT2D eigenvalue weighted by Crippen LogP contribution is -2.32. The molecule has 0 aromatic heterocycles. The predicted octanol–water partition coefficient (Wildman–Crippen LogP) is 4.11. The van der Waals surface area contributed by atoms with Crippen LogP contribution in [-0.2, 0) is 6.42 Å². The molecule has 1 aliphatic carbocycles. The molecule has 1 aliphatic rings. The molecule has 0 radical (unpaired) electrons. The SMILES string of the molecule is CNCC1CCC(C)CC1Cc1ccc(I)cc1. The Bertz CT molecular complexity index is 360. The molecule has 1 aromatic rings. The summed E-state index contributed by atoms with van der Waals surface area (Å²) < 4.78 is 1.33. The second-order valence-corrected chi connectivity index (χ2v) is 7.07. The number of halogens is 1. The average Bonchev–Trinajstić information content (AvgIpc) is 2.36. The zero-order valence-electron chi connectivity index (χ0n) is 11.5. The molecule has 3 atom stereocenters. The van der Waals surface area contributed by atoms with Crippen molar-refractivity contribution in [3.63, 3.8) is 0 Å². The molecule has 0 amide bonds. The molecule has 100 valence electrons. The van der Waals surface area contributed by atoms with Crippen molar-refractivity contribution in [1.29, 1.82) is 0 Å². The first kappa shape index (κ1) is 14.3. The van der Waals surface area contributed by atoms with Gasteiger partial charge in [0.05, 0.1) is 0 Å². The average molecular weight is 357 g/mol. The highest BCUT2D eigenvalue weighted by Crippen LogP contribution is 2.35. The molecule has 1 aromatic carbocycles. The van der Waals surface area contributed by atoms with Crippen LogP contribution < -0.4 is 5.32 Å². The van der Waals surface area contributed by atoms with E-state index in [1.54, 1.807) is 0 Å². The van der Waals surface area contributed by atoms with E-state index in [-0.39, 0.29) is 0 Å². The van der Waals surface area contributed by atoms with Crippen LogP contribution in [0.3, 0.4) is 0 Å². The summed E-state index contributed by atoms with van der Waals surface area (Å²) in [6, 6.07) is 9.07. The third-order valence-electron chi connectivity index (χ3n) is 4.28. The molecule has 1 saturated carbocycles. The second-order valence-electron chi connectivity index (χ2n) is 5.83. The minimum atomic E-state index is 0.862. The van der Waals surface area contributed by atoms with Gasteiger partial charge in [-0.15, -0.1) is 0 Å². The van der Waals surface area contributed by atoms with Crippen LogP contribution in [0.2, 0.25) is 0 Å². The van der Waals surface area contributed by atoms with Crippen LogP contribution in [0, 0.1) is 21.3 Å². The molecule has 0 aliphatic heterocycles. The van der Waals surface area contributed by atoms with E-state index >= 15 is 0 Å². The Kier molecular flexibility index (Phi) is 5.49. The molecule has 1 N–H and O–H groups in total. The van der Waals surface area contributed by atoms with Crippen LogP contribution in [0.25, 0.3) is 0 Å². The van der Waals surface area contributed by atoms with Crippen LogP contribution in [0.15, 0.2) is 24.3 Å². The van der Waals surface area contributed by atoms with Crippen molar-refractivity contribution >= 4 is 22.6 Å². The second kappa shape index (κ2) is 6.90. The monoisotopic (exact) mass is 357 g/mol. The van der Waals surface area contributed by atoms with Crippen molar-refractivity contribution in [3.05, 3.63) is 33.4 Å². The fourth-order valence-electron chi connectivity index (χ4n) is 3.27. The Morgan fingerprint density at radius 1 is 1.17 bits per heavy atom. The Morgan fingerprint density at radius 3 is 2.56 bits per heavy atom. The first-order valence-corrected chi connectivity index (χ1v) is 8.16. The van der Waals surface area contributed by atoms with E-state index in [0.717, 1.165) is 17.8 Å². The molecule has 1 nitrogen and oxygen atoms in total. The number of benzene rings is 1. The Balaban J connectivity index is 2.01. The standard InChI is InChI=1S/C16H24IN/c1-12-3-6-14(11-18-2)15(9-12)10-13-4-7-16(17)8-5-13/h4-5,7-8,12,14-15,18H,3,6,9-11H2,1-2H3. The van der Waals surface area contributed by atoms with Gasteiger partial charge in [0.2, 0.25) is 0 Å². The summed E-state index contributed by atoms with van der Waals surface area (Å²) in [5.74, 6) is 2.64. The first-order chi connectivity index (χ1) is 8.69. The maximum absolute atomic E-state index is 3.38. The largest absolute Gasteiger partial charge is 0.319 e. The van der Waals surface area contributed by atoms with E-state index in [9.17, 15) is 0 Å². The predicted molar refractivity (Wildman–Crippen MR) is 86.8 cm³/mol. The summed E-state index contributed by atoms with van der Waals surface area (Å²) >= 11 is 2.38. The van der Waals surface area contributed by atoms with Gasteiger partial charge in [0.15, 0.2) is 0 Å². The Hall–Kier alpha value is -0.0900. The van der Waals surface area contributed by atoms with Gasteiger partial charge >= 0.3 is 0 Å². The van der Waals surface area contributed by atoms with Crippen molar-refractivity contribution in [2.75, 3.05) is 13.6 Å². The lowest BCUT2D eigenvalue weighted by Gasteiger charge is -2.35. The van der Waals surface area contributed by atoms with Gasteiger partial charge in [-0.3, -0.25) is 0 Å². The summed E-state index contributed by atoms with van der Waals surface area (Å²) in [5, 5.41) is 3.38. The topological polar surface area (TPSA) is 12.0 Å². The van der Waals surface area contributed by atoms with Gasteiger partial charge in [-0.25, -0.2) is 0 Å². The molecular weight excluding hydrogens is 333 g/mol. The molecule has 1 fully saturated rings. The van der Waals surface area contributed by atoms with Crippen molar-refractivity contribution in [2.45, 2.75) is 32.6 Å². The molecule has 2 heteroatoms. The molecule has 0 spiro atoms. The van der Waals surface area contributed by atoms with E-state index in [0.29, 0.717) is 0 Å². The fourth-order valence-corrected chi connectivity index (χ4v) is 3.63. The number of rotatable bonds is 4. The molecule has 0 heterocycles. The maximum Gasteiger partial charge on any atom is 0.0130 e. The van der Waals surface area contributed by atoms with Gasteiger partial charge < -0.3 is 5.32 Å². The van der Waals surface area contributed by atoms with Crippen LogP contribution in [0.4, 0.5) is 0 Å². The normalized spacial score (nSPS) is 28.3. The van der Waals surface area contributed by atoms with Gasteiger partial charge in [0.1, 0.15) is 0 Å². The third kappa shape index (κ3) is 3.95. The minimum Gasteiger partial charge on any atom is -0.319 e. The van der Waals surface area contributed by atoms with Crippen LogP contribution in [0.1, 0.15) is 31.7 Å². The number of hydrogen-bond acceptors (Lipinski definition) is 1. The zero-order valence-corrected chi connectivity index (χ0v) is 13.6. The van der Waals surface area contributed by atoms with Gasteiger partial charge in [-0.2, -0.15) is 0 Å². The van der Waals surface area contributed by atoms with Crippen LogP contribution >= 0.6 is 22.6 Å². The molecule has 0 saturated heterocycles. The molecule has 2 rings (SSSR count). The maximum atomic E-state index is 3.38. The summed E-state index contributed by atoms with van der Waals surface area (Å²) in [6.45, 7) is 3.60. The van der Waals surface area contributed by atoms with E-state index < -0.39 is 0 Å². The summed E-state index contributed by atoms with van der Waals surface area (Å²) in [5.41, 5.74) is 1.51. The highest BCUT2D eigenvalue weighted by Gasteiger charge is 2.28. The van der Waals surface area contributed by atoms with E-state index in [4.69, 9.17) is 0 Å². The van der Waals surface area contributed by atoms with Gasteiger partial charge in [0, 0.05) is 3.57 Å². The van der Waals surface area contributed by atoms with Crippen molar-refractivity contribution in [1.82, 2.24) is 5.32 Å². The van der Waals surface area contributed by atoms with E-state index in [2.05, 4.69) is 66.1 Å². The quantitative estimate of drug-likeness (QED) is 0.800. The summed E-state index contributed by atoms with van der Waals surface area (Å²) in [6.07, 6.45) is 5.47. The molecule has 3 unspecified atom stereocenters. The molecule has 18 heavy (non-hydrogen) atoms.